The van der Waals surface area contributed by atoms with Crippen LogP contribution < -0.4 is 17.2 Å². The summed E-state index contributed by atoms with van der Waals surface area (Å²) in [5.74, 6) is 0. The van der Waals surface area contributed by atoms with Crippen molar-refractivity contribution >= 4 is 17.3 Å². The molecule has 6 N–H and O–H groups in total. The van der Waals surface area contributed by atoms with E-state index in [1.165, 1.54) is 0 Å². The van der Waals surface area contributed by atoms with Crippen LogP contribution >= 0.6 is 11.6 Å². The topological polar surface area (TPSA) is 78.1 Å². The van der Waals surface area contributed by atoms with Gasteiger partial charge < -0.3 is 17.2 Å². The largest absolute Gasteiger partial charge is 0.398 e. The first kappa shape index (κ1) is 11.3. The monoisotopic (exact) mass is 213 g/mol. The second-order valence-corrected chi connectivity index (χ2v) is 3.75. The molecule has 4 heteroatoms. The van der Waals surface area contributed by atoms with Crippen molar-refractivity contribution in [2.24, 2.45) is 11.5 Å². The van der Waals surface area contributed by atoms with Crippen LogP contribution in [0.15, 0.2) is 18.2 Å². The lowest BCUT2D eigenvalue weighted by atomic mass is 10.0. The van der Waals surface area contributed by atoms with Crippen molar-refractivity contribution in [2.45, 2.75) is 18.9 Å². The molecule has 0 fully saturated rings. The molecule has 0 bridgehead atoms. The normalized spacial score (nSPS) is 12.8. The van der Waals surface area contributed by atoms with Crippen LogP contribution in [0.2, 0.25) is 5.02 Å². The number of nitrogen functional groups attached to an aromatic ring is 1. The molecular formula is C10H16ClN3. The van der Waals surface area contributed by atoms with Crippen LogP contribution in [-0.4, -0.2) is 6.54 Å². The van der Waals surface area contributed by atoms with E-state index < -0.39 is 0 Å². The van der Waals surface area contributed by atoms with Gasteiger partial charge in [0.1, 0.15) is 0 Å². The number of nitrogens with two attached hydrogens (primary N) is 3. The van der Waals surface area contributed by atoms with Crippen molar-refractivity contribution in [3.05, 3.63) is 28.8 Å². The van der Waals surface area contributed by atoms with Gasteiger partial charge in [0.05, 0.1) is 0 Å². The Morgan fingerprint density at radius 3 is 2.71 bits per heavy atom. The van der Waals surface area contributed by atoms with Crippen molar-refractivity contribution in [3.63, 3.8) is 0 Å². The van der Waals surface area contributed by atoms with Crippen LogP contribution in [0.4, 0.5) is 5.69 Å². The Morgan fingerprint density at radius 1 is 1.36 bits per heavy atom. The van der Waals surface area contributed by atoms with Gasteiger partial charge in [-0.2, -0.15) is 0 Å². The number of benzene rings is 1. The summed E-state index contributed by atoms with van der Waals surface area (Å²) in [4.78, 5) is 0. The van der Waals surface area contributed by atoms with E-state index in [1.54, 1.807) is 12.1 Å². The Hall–Kier alpha value is -0.770. The first-order chi connectivity index (χ1) is 6.65. The smallest absolute Gasteiger partial charge is 0.0410 e. The summed E-state index contributed by atoms with van der Waals surface area (Å²) in [6, 6.07) is 5.28. The minimum Gasteiger partial charge on any atom is -0.398 e. The predicted molar refractivity (Wildman–Crippen MR) is 61.1 cm³/mol. The molecule has 0 aliphatic carbocycles. The average Bonchev–Trinajstić information content (AvgIpc) is 2.18. The number of halogens is 1. The Bertz CT molecular complexity index is 301. The van der Waals surface area contributed by atoms with Gasteiger partial charge in [-0.15, -0.1) is 0 Å². The van der Waals surface area contributed by atoms with E-state index in [0.29, 0.717) is 17.3 Å². The fraction of sp³-hybridized carbons (Fsp3) is 0.400. The molecule has 0 amide bonds. The molecule has 14 heavy (non-hydrogen) atoms. The first-order valence-corrected chi connectivity index (χ1v) is 5.03. The maximum atomic E-state index is 5.96. The van der Waals surface area contributed by atoms with E-state index in [4.69, 9.17) is 28.8 Å². The molecule has 0 aliphatic heterocycles. The third kappa shape index (κ3) is 2.87. The lowest BCUT2D eigenvalue weighted by Crippen LogP contribution is -2.14. The number of hydrogen-bond acceptors (Lipinski definition) is 3. The Labute approximate surface area is 89.2 Å². The molecule has 0 saturated heterocycles. The van der Waals surface area contributed by atoms with E-state index in [0.717, 1.165) is 18.4 Å². The Morgan fingerprint density at radius 2 is 2.07 bits per heavy atom. The van der Waals surface area contributed by atoms with Crippen molar-refractivity contribution in [2.75, 3.05) is 12.3 Å². The zero-order valence-electron chi connectivity index (χ0n) is 8.04. The molecule has 1 atom stereocenters. The van der Waals surface area contributed by atoms with Gasteiger partial charge in [0.15, 0.2) is 0 Å². The van der Waals surface area contributed by atoms with Gasteiger partial charge in [0.25, 0.3) is 0 Å². The van der Waals surface area contributed by atoms with Gasteiger partial charge in [-0.1, -0.05) is 11.6 Å². The SMILES string of the molecule is NCCC[C@@H](N)c1cc(Cl)ccc1N. The highest BCUT2D eigenvalue weighted by molar-refractivity contribution is 6.30. The van der Waals surface area contributed by atoms with Gasteiger partial charge in [-0.25, -0.2) is 0 Å². The molecule has 0 spiro atoms. The quantitative estimate of drug-likeness (QED) is 0.666. The zero-order valence-corrected chi connectivity index (χ0v) is 8.80. The van der Waals surface area contributed by atoms with Crippen LogP contribution in [0.5, 0.6) is 0 Å². The lowest BCUT2D eigenvalue weighted by molar-refractivity contribution is 0.619. The standard InChI is InChI=1S/C10H16ClN3/c11-7-3-4-10(14)8(6-7)9(13)2-1-5-12/h3-4,6,9H,1-2,5,12-14H2/t9-/m1/s1. The van der Waals surface area contributed by atoms with E-state index in [9.17, 15) is 0 Å². The maximum absolute atomic E-state index is 5.96. The second-order valence-electron chi connectivity index (χ2n) is 3.31. The molecule has 78 valence electrons. The molecule has 0 aliphatic rings. The third-order valence-electron chi connectivity index (χ3n) is 2.17. The van der Waals surface area contributed by atoms with Crippen LogP contribution in [0.25, 0.3) is 0 Å². The summed E-state index contributed by atoms with van der Waals surface area (Å²) in [6.07, 6.45) is 1.73. The third-order valence-corrected chi connectivity index (χ3v) is 2.40. The molecule has 0 radical (unpaired) electrons. The summed E-state index contributed by atoms with van der Waals surface area (Å²) in [6.45, 7) is 0.647. The Balaban J connectivity index is 2.77. The van der Waals surface area contributed by atoms with Crippen LogP contribution in [-0.2, 0) is 0 Å². The molecule has 3 nitrogen and oxygen atoms in total. The van der Waals surface area contributed by atoms with Gasteiger partial charge >= 0.3 is 0 Å². The summed E-state index contributed by atoms with van der Waals surface area (Å²) in [7, 11) is 0. The van der Waals surface area contributed by atoms with Crippen molar-refractivity contribution < 1.29 is 0 Å². The number of anilines is 1. The fourth-order valence-corrected chi connectivity index (χ4v) is 1.54. The summed E-state index contributed by atoms with van der Waals surface area (Å²) < 4.78 is 0. The molecular weight excluding hydrogens is 198 g/mol. The maximum Gasteiger partial charge on any atom is 0.0410 e. The highest BCUT2D eigenvalue weighted by Gasteiger charge is 2.09. The van der Waals surface area contributed by atoms with E-state index in [1.807, 2.05) is 6.07 Å². The van der Waals surface area contributed by atoms with Gasteiger partial charge in [-0.3, -0.25) is 0 Å². The van der Waals surface area contributed by atoms with Gasteiger partial charge in [0, 0.05) is 16.8 Å². The van der Waals surface area contributed by atoms with Crippen molar-refractivity contribution in [1.29, 1.82) is 0 Å². The number of rotatable bonds is 4. The lowest BCUT2D eigenvalue weighted by Gasteiger charge is -2.14. The molecule has 1 aromatic rings. The molecule has 0 heterocycles. The summed E-state index contributed by atoms with van der Waals surface area (Å²) in [5, 5.41) is 0.664. The fourth-order valence-electron chi connectivity index (χ4n) is 1.36. The van der Waals surface area contributed by atoms with Gasteiger partial charge in [0.2, 0.25) is 0 Å². The van der Waals surface area contributed by atoms with E-state index in [-0.39, 0.29) is 6.04 Å². The average molecular weight is 214 g/mol. The van der Waals surface area contributed by atoms with Gasteiger partial charge in [-0.05, 0) is 43.1 Å². The minimum atomic E-state index is -0.0720. The molecule has 1 aromatic carbocycles. The second kappa shape index (κ2) is 5.20. The molecule has 1 rings (SSSR count). The first-order valence-electron chi connectivity index (χ1n) is 4.65. The van der Waals surface area contributed by atoms with Crippen LogP contribution in [0.1, 0.15) is 24.4 Å². The Kier molecular flexibility index (Phi) is 4.20. The van der Waals surface area contributed by atoms with E-state index >= 15 is 0 Å². The highest BCUT2D eigenvalue weighted by Crippen LogP contribution is 2.25. The van der Waals surface area contributed by atoms with E-state index in [2.05, 4.69) is 0 Å². The van der Waals surface area contributed by atoms with Crippen LogP contribution in [0, 0.1) is 0 Å². The molecule has 0 unspecified atom stereocenters. The highest BCUT2D eigenvalue weighted by atomic mass is 35.5. The molecule has 0 saturated carbocycles. The van der Waals surface area contributed by atoms with Crippen molar-refractivity contribution in [3.8, 4) is 0 Å². The van der Waals surface area contributed by atoms with Crippen LogP contribution in [0.3, 0.4) is 0 Å². The van der Waals surface area contributed by atoms with Crippen molar-refractivity contribution in [1.82, 2.24) is 0 Å². The minimum absolute atomic E-state index is 0.0720. The summed E-state index contributed by atoms with van der Waals surface area (Å²) in [5.41, 5.74) is 18.8. The predicted octanol–water partition coefficient (Wildman–Crippen LogP) is 1.66. The zero-order chi connectivity index (χ0) is 10.6. The number of hydrogen-bond donors (Lipinski definition) is 3. The summed E-state index contributed by atoms with van der Waals surface area (Å²) >= 11 is 5.86. The molecule has 0 aromatic heterocycles.